The van der Waals surface area contributed by atoms with Crippen molar-refractivity contribution >= 4 is 29.2 Å². The Kier molecular flexibility index (Phi) is 9.45. The molecule has 8 heteroatoms. The van der Waals surface area contributed by atoms with E-state index < -0.39 is 5.97 Å². The predicted molar refractivity (Wildman–Crippen MR) is 140 cm³/mol. The van der Waals surface area contributed by atoms with Gasteiger partial charge in [-0.05, 0) is 74.1 Å². The molecule has 4 rings (SSSR count). The zero-order valence-electron chi connectivity index (χ0n) is 20.6. The standard InChI is InChI=1S/C28H35ClN2O5/c29-27-23-16-21(31-36-18-25(33)30-20-10-7-5-8-11-20)12-6-3-1-2-4-9-15-35-28(34)26(23)22(17-24(27)32)19-13-14-19/h2,4,6,12,17,19-20,32H,1,3,5,7-11,13-16,18H2,(H,30,33)/b4-2+,12-6+,31-21-. The maximum Gasteiger partial charge on any atom is 0.338 e. The van der Waals surface area contributed by atoms with Crippen molar-refractivity contribution in [2.24, 2.45) is 5.16 Å². The summed E-state index contributed by atoms with van der Waals surface area (Å²) in [5.41, 5.74) is 2.13. The SMILES string of the molecule is O=C(CO/N=C1/C=C/CC/C=C/CCOC(=O)c2c(C3CC3)cc(O)c(Cl)c2C1)NC1CCCCC1. The molecule has 1 aromatic rings. The molecule has 0 unspecified atom stereocenters. The molecule has 36 heavy (non-hydrogen) atoms. The number of esters is 1. The highest BCUT2D eigenvalue weighted by molar-refractivity contribution is 6.33. The quantitative estimate of drug-likeness (QED) is 0.296. The third kappa shape index (κ3) is 7.36. The van der Waals surface area contributed by atoms with Gasteiger partial charge in [0.2, 0.25) is 0 Å². The minimum atomic E-state index is -0.449. The van der Waals surface area contributed by atoms with Crippen LogP contribution in [0.3, 0.4) is 0 Å². The van der Waals surface area contributed by atoms with Crippen molar-refractivity contribution in [2.75, 3.05) is 13.2 Å². The average molecular weight is 515 g/mol. The summed E-state index contributed by atoms with van der Waals surface area (Å²) in [6, 6.07) is 1.78. The summed E-state index contributed by atoms with van der Waals surface area (Å²) in [6.07, 6.45) is 17.7. The molecule has 1 amide bonds. The Morgan fingerprint density at radius 2 is 1.86 bits per heavy atom. The van der Waals surface area contributed by atoms with Crippen molar-refractivity contribution in [3.8, 4) is 5.75 Å². The van der Waals surface area contributed by atoms with Crippen LogP contribution in [0.15, 0.2) is 35.5 Å². The van der Waals surface area contributed by atoms with Crippen molar-refractivity contribution in [1.82, 2.24) is 5.32 Å². The summed E-state index contributed by atoms with van der Waals surface area (Å²) >= 11 is 6.53. The first-order chi connectivity index (χ1) is 17.5. The van der Waals surface area contributed by atoms with Crippen molar-refractivity contribution in [3.63, 3.8) is 0 Å². The number of carbonyl (C=O) groups is 2. The molecule has 2 fully saturated rings. The Bertz CT molecular complexity index is 1040. The highest BCUT2D eigenvalue weighted by atomic mass is 35.5. The number of oxime groups is 1. The van der Waals surface area contributed by atoms with Gasteiger partial charge in [-0.25, -0.2) is 4.79 Å². The van der Waals surface area contributed by atoms with Crippen LogP contribution in [0.1, 0.15) is 91.6 Å². The van der Waals surface area contributed by atoms with E-state index in [9.17, 15) is 14.7 Å². The fourth-order valence-electron chi connectivity index (χ4n) is 4.78. The lowest BCUT2D eigenvalue weighted by Gasteiger charge is -2.22. The molecule has 1 aliphatic heterocycles. The van der Waals surface area contributed by atoms with E-state index in [-0.39, 0.29) is 48.3 Å². The minimum absolute atomic E-state index is 0.0646. The third-order valence-corrected chi connectivity index (χ3v) is 7.22. The second kappa shape index (κ2) is 12.9. The van der Waals surface area contributed by atoms with Crippen LogP contribution >= 0.6 is 11.6 Å². The summed E-state index contributed by atoms with van der Waals surface area (Å²) in [4.78, 5) is 30.9. The normalized spacial score (nSPS) is 22.7. The van der Waals surface area contributed by atoms with Gasteiger partial charge in [0.05, 0.1) is 22.9 Å². The third-order valence-electron chi connectivity index (χ3n) is 6.79. The van der Waals surface area contributed by atoms with Crippen LogP contribution in [-0.4, -0.2) is 42.0 Å². The maximum atomic E-state index is 13.2. The van der Waals surface area contributed by atoms with Crippen molar-refractivity contribution in [2.45, 2.75) is 82.6 Å². The zero-order chi connectivity index (χ0) is 25.3. The smallest absolute Gasteiger partial charge is 0.338 e. The highest BCUT2D eigenvalue weighted by Gasteiger charge is 2.33. The Hall–Kier alpha value is -2.80. The molecular formula is C28H35ClN2O5. The van der Waals surface area contributed by atoms with Crippen LogP contribution < -0.4 is 5.32 Å². The molecule has 0 spiro atoms. The first kappa shape index (κ1) is 26.3. The number of rotatable bonds is 5. The van der Waals surface area contributed by atoms with E-state index in [1.807, 2.05) is 18.2 Å². The maximum absolute atomic E-state index is 13.2. The predicted octanol–water partition coefficient (Wildman–Crippen LogP) is 5.74. The van der Waals surface area contributed by atoms with E-state index in [1.165, 1.54) is 6.42 Å². The van der Waals surface area contributed by atoms with E-state index in [4.69, 9.17) is 21.2 Å². The number of phenolic OH excluding ortho intramolecular Hbond substituents is 1. The number of allylic oxidation sites excluding steroid dienone is 3. The minimum Gasteiger partial charge on any atom is -0.506 e. The van der Waals surface area contributed by atoms with E-state index in [1.54, 1.807) is 6.07 Å². The molecule has 2 N–H and O–H groups in total. The fraction of sp³-hybridized carbons (Fsp3) is 0.536. The molecule has 0 bridgehead atoms. The molecule has 0 radical (unpaired) electrons. The lowest BCUT2D eigenvalue weighted by Crippen LogP contribution is -2.38. The van der Waals surface area contributed by atoms with Gasteiger partial charge in [-0.1, -0.05) is 54.2 Å². The van der Waals surface area contributed by atoms with Gasteiger partial charge in [-0.2, -0.15) is 0 Å². The largest absolute Gasteiger partial charge is 0.506 e. The number of benzene rings is 1. The monoisotopic (exact) mass is 514 g/mol. The van der Waals surface area contributed by atoms with Gasteiger partial charge >= 0.3 is 5.97 Å². The molecule has 1 aromatic carbocycles. The lowest BCUT2D eigenvalue weighted by molar-refractivity contribution is -0.126. The van der Waals surface area contributed by atoms with Crippen LogP contribution in [-0.2, 0) is 20.8 Å². The molecule has 194 valence electrons. The van der Waals surface area contributed by atoms with Crippen molar-refractivity contribution < 1.29 is 24.3 Å². The lowest BCUT2D eigenvalue weighted by atomic mass is 9.93. The molecule has 2 saturated carbocycles. The zero-order valence-corrected chi connectivity index (χ0v) is 21.4. The summed E-state index contributed by atoms with van der Waals surface area (Å²) in [7, 11) is 0. The number of cyclic esters (lactones) is 1. The Balaban J connectivity index is 1.57. The van der Waals surface area contributed by atoms with Gasteiger partial charge in [0, 0.05) is 12.5 Å². The van der Waals surface area contributed by atoms with Gasteiger partial charge in [-0.15, -0.1) is 0 Å². The van der Waals surface area contributed by atoms with E-state index in [2.05, 4.69) is 16.5 Å². The number of hydrogen-bond donors (Lipinski definition) is 2. The first-order valence-corrected chi connectivity index (χ1v) is 13.4. The molecule has 7 nitrogen and oxygen atoms in total. The topological polar surface area (TPSA) is 97.2 Å². The number of carbonyl (C=O) groups excluding carboxylic acids is 2. The summed E-state index contributed by atoms with van der Waals surface area (Å²) in [5, 5.41) is 17.9. The molecule has 3 aliphatic rings. The number of nitrogens with one attached hydrogen (secondary N) is 1. The summed E-state index contributed by atoms with van der Waals surface area (Å²) in [6.45, 7) is 0.0833. The van der Waals surface area contributed by atoms with E-state index in [0.717, 1.165) is 56.9 Å². The van der Waals surface area contributed by atoms with Gasteiger partial charge in [0.25, 0.3) is 5.91 Å². The van der Waals surface area contributed by atoms with Gasteiger partial charge in [0.15, 0.2) is 6.61 Å². The van der Waals surface area contributed by atoms with Gasteiger partial charge in [0.1, 0.15) is 5.75 Å². The second-order valence-corrected chi connectivity index (χ2v) is 10.1. The van der Waals surface area contributed by atoms with Crippen LogP contribution in [0.4, 0.5) is 0 Å². The number of ether oxygens (including phenoxy) is 1. The first-order valence-electron chi connectivity index (χ1n) is 13.0. The van der Waals surface area contributed by atoms with Crippen LogP contribution in [0, 0.1) is 0 Å². The average Bonchev–Trinajstić information content (AvgIpc) is 3.71. The molecule has 1 heterocycles. The van der Waals surface area contributed by atoms with Crippen LogP contribution in [0.2, 0.25) is 5.02 Å². The highest BCUT2D eigenvalue weighted by Crippen LogP contribution is 2.46. The number of amides is 1. The van der Waals surface area contributed by atoms with Crippen LogP contribution in [0.5, 0.6) is 5.75 Å². The number of hydrogen-bond acceptors (Lipinski definition) is 6. The van der Waals surface area contributed by atoms with Gasteiger partial charge in [-0.3, -0.25) is 4.79 Å². The Morgan fingerprint density at radius 3 is 2.64 bits per heavy atom. The summed E-state index contributed by atoms with van der Waals surface area (Å²) < 4.78 is 5.57. The molecule has 0 saturated heterocycles. The van der Waals surface area contributed by atoms with E-state index in [0.29, 0.717) is 23.3 Å². The van der Waals surface area contributed by atoms with Crippen molar-refractivity contribution in [1.29, 1.82) is 0 Å². The Morgan fingerprint density at radius 1 is 1.11 bits per heavy atom. The number of fused-ring (bicyclic) bond motifs is 1. The second-order valence-electron chi connectivity index (χ2n) is 9.74. The number of halogens is 1. The molecular weight excluding hydrogens is 480 g/mol. The number of aromatic hydroxyl groups is 1. The molecule has 2 aliphatic carbocycles. The van der Waals surface area contributed by atoms with E-state index >= 15 is 0 Å². The molecule has 0 aromatic heterocycles. The van der Waals surface area contributed by atoms with Crippen molar-refractivity contribution in [3.05, 3.63) is 52.1 Å². The fourth-order valence-corrected chi connectivity index (χ4v) is 4.99. The number of nitrogens with zero attached hydrogens (tertiary/aromatic N) is 1. The summed E-state index contributed by atoms with van der Waals surface area (Å²) in [5.74, 6) is -0.513. The van der Waals surface area contributed by atoms with Crippen LogP contribution in [0.25, 0.3) is 0 Å². The van der Waals surface area contributed by atoms with Gasteiger partial charge < -0.3 is 20.0 Å². The molecule has 0 atom stereocenters. The number of phenols is 1. The Labute approximate surface area is 217 Å².